The standard InChI is InChI=1S/C23H28N2O3/c1-15-9-8-11-20(16(15)2)25-14-18(13-22(25)26)23(27)24(4)17(3)19-10-6-7-12-21(19)28-5/h6-12,17-18H,13-14H2,1-5H3. The van der Waals surface area contributed by atoms with E-state index in [2.05, 4.69) is 0 Å². The van der Waals surface area contributed by atoms with Crippen LogP contribution in [0.3, 0.4) is 0 Å². The second kappa shape index (κ2) is 8.05. The van der Waals surface area contributed by atoms with Gasteiger partial charge >= 0.3 is 0 Å². The highest BCUT2D eigenvalue weighted by atomic mass is 16.5. The minimum absolute atomic E-state index is 0.00500. The van der Waals surface area contributed by atoms with Gasteiger partial charge in [-0.2, -0.15) is 0 Å². The first-order valence-corrected chi connectivity index (χ1v) is 9.61. The number of carbonyl (C=O) groups is 2. The van der Waals surface area contributed by atoms with Crippen molar-refractivity contribution in [2.24, 2.45) is 5.92 Å². The smallest absolute Gasteiger partial charge is 0.228 e. The van der Waals surface area contributed by atoms with Gasteiger partial charge < -0.3 is 14.5 Å². The Kier molecular flexibility index (Phi) is 5.73. The van der Waals surface area contributed by atoms with Gasteiger partial charge in [0.1, 0.15) is 5.75 Å². The van der Waals surface area contributed by atoms with E-state index in [1.807, 2.05) is 63.2 Å². The molecule has 3 rings (SSSR count). The second-order valence-corrected chi connectivity index (χ2v) is 7.49. The van der Waals surface area contributed by atoms with Gasteiger partial charge in [-0.1, -0.05) is 30.3 Å². The molecule has 0 saturated carbocycles. The summed E-state index contributed by atoms with van der Waals surface area (Å²) in [5.41, 5.74) is 4.08. The van der Waals surface area contributed by atoms with Crippen molar-refractivity contribution in [3.05, 3.63) is 59.2 Å². The van der Waals surface area contributed by atoms with Crippen molar-refractivity contribution in [1.29, 1.82) is 0 Å². The number of para-hydroxylation sites is 1. The van der Waals surface area contributed by atoms with Gasteiger partial charge in [-0.3, -0.25) is 9.59 Å². The third-order valence-electron chi connectivity index (χ3n) is 5.86. The van der Waals surface area contributed by atoms with Crippen LogP contribution in [0.15, 0.2) is 42.5 Å². The molecule has 2 atom stereocenters. The predicted molar refractivity (Wildman–Crippen MR) is 111 cm³/mol. The molecule has 2 amide bonds. The van der Waals surface area contributed by atoms with E-state index in [0.717, 1.165) is 28.1 Å². The topological polar surface area (TPSA) is 49.9 Å². The van der Waals surface area contributed by atoms with Gasteiger partial charge in [0.2, 0.25) is 11.8 Å². The van der Waals surface area contributed by atoms with E-state index < -0.39 is 0 Å². The maximum atomic E-state index is 13.1. The van der Waals surface area contributed by atoms with Crippen LogP contribution in [-0.4, -0.2) is 37.4 Å². The molecule has 2 aromatic carbocycles. The minimum Gasteiger partial charge on any atom is -0.496 e. The number of aryl methyl sites for hydroxylation is 1. The number of hydrogen-bond acceptors (Lipinski definition) is 3. The van der Waals surface area contributed by atoms with E-state index >= 15 is 0 Å². The first-order chi connectivity index (χ1) is 13.3. The molecule has 28 heavy (non-hydrogen) atoms. The molecule has 1 fully saturated rings. The number of methoxy groups -OCH3 is 1. The molecular weight excluding hydrogens is 352 g/mol. The molecule has 0 bridgehead atoms. The Morgan fingerprint density at radius 2 is 1.89 bits per heavy atom. The SMILES string of the molecule is COc1ccccc1C(C)N(C)C(=O)C1CC(=O)N(c2cccc(C)c2C)C1. The van der Waals surface area contributed by atoms with Crippen LogP contribution >= 0.6 is 0 Å². The Bertz CT molecular complexity index is 893. The molecule has 5 heteroatoms. The fourth-order valence-electron chi connectivity index (χ4n) is 3.83. The molecule has 2 aromatic rings. The van der Waals surface area contributed by atoms with Gasteiger partial charge in [0.15, 0.2) is 0 Å². The predicted octanol–water partition coefficient (Wildman–Crippen LogP) is 3.88. The molecule has 0 aliphatic carbocycles. The largest absolute Gasteiger partial charge is 0.496 e. The molecule has 1 aliphatic heterocycles. The van der Waals surface area contributed by atoms with Crippen molar-refractivity contribution in [3.8, 4) is 5.75 Å². The number of rotatable bonds is 5. The Balaban J connectivity index is 1.78. The Hall–Kier alpha value is -2.82. The zero-order valence-corrected chi connectivity index (χ0v) is 17.2. The van der Waals surface area contributed by atoms with E-state index in [0.29, 0.717) is 6.54 Å². The second-order valence-electron chi connectivity index (χ2n) is 7.49. The Morgan fingerprint density at radius 1 is 1.18 bits per heavy atom. The van der Waals surface area contributed by atoms with Crippen molar-refractivity contribution in [1.82, 2.24) is 4.90 Å². The third kappa shape index (κ3) is 3.61. The number of carbonyl (C=O) groups excluding carboxylic acids is 2. The first-order valence-electron chi connectivity index (χ1n) is 9.61. The van der Waals surface area contributed by atoms with E-state index in [1.54, 1.807) is 24.0 Å². The Morgan fingerprint density at radius 3 is 2.61 bits per heavy atom. The van der Waals surface area contributed by atoms with Gasteiger partial charge in [-0.15, -0.1) is 0 Å². The summed E-state index contributed by atoms with van der Waals surface area (Å²) in [5.74, 6) is 0.411. The van der Waals surface area contributed by atoms with Crippen LogP contribution < -0.4 is 9.64 Å². The van der Waals surface area contributed by atoms with Crippen LogP contribution in [0.4, 0.5) is 5.69 Å². The normalized spacial score (nSPS) is 17.5. The van der Waals surface area contributed by atoms with Crippen LogP contribution in [0, 0.1) is 19.8 Å². The van der Waals surface area contributed by atoms with Gasteiger partial charge in [0.25, 0.3) is 0 Å². The van der Waals surface area contributed by atoms with E-state index in [1.165, 1.54) is 0 Å². The van der Waals surface area contributed by atoms with Crippen LogP contribution in [0.2, 0.25) is 0 Å². The lowest BCUT2D eigenvalue weighted by atomic mass is 10.0. The van der Waals surface area contributed by atoms with Crippen LogP contribution in [-0.2, 0) is 9.59 Å². The molecule has 0 radical (unpaired) electrons. The van der Waals surface area contributed by atoms with Crippen molar-refractivity contribution in [2.45, 2.75) is 33.2 Å². The summed E-state index contributed by atoms with van der Waals surface area (Å²) in [6.07, 6.45) is 0.245. The van der Waals surface area contributed by atoms with Crippen LogP contribution in [0.5, 0.6) is 5.75 Å². The Labute approximate surface area is 166 Å². The fourth-order valence-corrected chi connectivity index (χ4v) is 3.83. The molecule has 5 nitrogen and oxygen atoms in total. The van der Waals surface area contributed by atoms with Crippen molar-refractivity contribution < 1.29 is 14.3 Å². The van der Waals surface area contributed by atoms with Crippen molar-refractivity contribution in [2.75, 3.05) is 25.6 Å². The van der Waals surface area contributed by atoms with Crippen LogP contribution in [0.1, 0.15) is 36.1 Å². The summed E-state index contributed by atoms with van der Waals surface area (Å²) >= 11 is 0. The van der Waals surface area contributed by atoms with E-state index in [4.69, 9.17) is 4.74 Å². The van der Waals surface area contributed by atoms with Crippen LogP contribution in [0.25, 0.3) is 0 Å². The number of anilines is 1. The summed E-state index contributed by atoms with van der Waals surface area (Å²) in [4.78, 5) is 29.3. The molecular formula is C23H28N2O3. The summed E-state index contributed by atoms with van der Waals surface area (Å²) in [7, 11) is 3.43. The lowest BCUT2D eigenvalue weighted by Gasteiger charge is -2.29. The maximum Gasteiger partial charge on any atom is 0.228 e. The zero-order valence-electron chi connectivity index (χ0n) is 17.2. The van der Waals surface area contributed by atoms with Gasteiger partial charge in [-0.25, -0.2) is 0 Å². The van der Waals surface area contributed by atoms with Gasteiger partial charge in [0, 0.05) is 31.3 Å². The summed E-state index contributed by atoms with van der Waals surface area (Å²) < 4.78 is 5.44. The molecule has 0 spiro atoms. The lowest BCUT2D eigenvalue weighted by Crippen LogP contribution is -2.36. The monoisotopic (exact) mass is 380 g/mol. The quantitative estimate of drug-likeness (QED) is 0.791. The van der Waals surface area contributed by atoms with Crippen molar-refractivity contribution >= 4 is 17.5 Å². The molecule has 1 saturated heterocycles. The number of ether oxygens (including phenoxy) is 1. The molecule has 1 heterocycles. The average molecular weight is 380 g/mol. The summed E-state index contributed by atoms with van der Waals surface area (Å²) in [6.45, 7) is 6.45. The fraction of sp³-hybridized carbons (Fsp3) is 0.391. The molecule has 148 valence electrons. The lowest BCUT2D eigenvalue weighted by molar-refractivity contribution is -0.136. The van der Waals surface area contributed by atoms with Crippen molar-refractivity contribution in [3.63, 3.8) is 0 Å². The highest BCUT2D eigenvalue weighted by Gasteiger charge is 2.38. The first kappa shape index (κ1) is 19.9. The van der Waals surface area contributed by atoms with Gasteiger partial charge in [0.05, 0.1) is 19.1 Å². The molecule has 0 N–H and O–H groups in total. The van der Waals surface area contributed by atoms with E-state index in [9.17, 15) is 9.59 Å². The number of benzene rings is 2. The molecule has 1 aliphatic rings. The maximum absolute atomic E-state index is 13.1. The highest BCUT2D eigenvalue weighted by Crippen LogP contribution is 2.33. The number of amides is 2. The number of nitrogens with zero attached hydrogens (tertiary/aromatic N) is 2. The summed E-state index contributed by atoms with van der Waals surface area (Å²) in [6, 6.07) is 13.5. The van der Waals surface area contributed by atoms with E-state index in [-0.39, 0.29) is 30.2 Å². The molecule has 2 unspecified atom stereocenters. The molecule has 0 aromatic heterocycles. The van der Waals surface area contributed by atoms with Gasteiger partial charge in [-0.05, 0) is 44.0 Å². The highest BCUT2D eigenvalue weighted by molar-refractivity contribution is 6.01. The minimum atomic E-state index is -0.338. The summed E-state index contributed by atoms with van der Waals surface area (Å²) in [5, 5.41) is 0. The third-order valence-corrected chi connectivity index (χ3v) is 5.86. The average Bonchev–Trinajstić information content (AvgIpc) is 3.09. The number of hydrogen-bond donors (Lipinski definition) is 0. The zero-order chi connectivity index (χ0) is 20.4.